The highest BCUT2D eigenvalue weighted by Crippen LogP contribution is 2.17. The Balaban J connectivity index is 1.89. The molecular weight excluding hydrogens is 308 g/mol. The number of hydrogen-bond donors (Lipinski definition) is 3. The van der Waals surface area contributed by atoms with E-state index in [0.29, 0.717) is 6.61 Å². The number of unbranched alkanes of at least 4 members (excludes halogenated alkanes) is 7. The Labute approximate surface area is 146 Å². The van der Waals surface area contributed by atoms with E-state index in [2.05, 4.69) is 19.1 Å². The van der Waals surface area contributed by atoms with Crippen LogP contribution < -0.4 is 0 Å². The molecule has 0 radical (unpaired) electrons. The summed E-state index contributed by atoms with van der Waals surface area (Å²) < 4.78 is 10.6. The molecule has 0 amide bonds. The summed E-state index contributed by atoms with van der Waals surface area (Å²) in [5.41, 5.74) is 0. The van der Waals surface area contributed by atoms with Crippen LogP contribution in [0.15, 0.2) is 12.2 Å². The van der Waals surface area contributed by atoms with Crippen LogP contribution >= 0.6 is 0 Å². The van der Waals surface area contributed by atoms with Crippen LogP contribution in [0.1, 0.15) is 64.7 Å². The number of ether oxygens (including phenoxy) is 2. The molecule has 1 saturated heterocycles. The molecule has 0 aromatic carbocycles. The molecule has 3 N–H and O–H groups in total. The van der Waals surface area contributed by atoms with Crippen LogP contribution in [0.25, 0.3) is 0 Å². The maximum Gasteiger partial charge on any atom is 0.114 e. The Morgan fingerprint density at radius 1 is 1.04 bits per heavy atom. The summed E-state index contributed by atoms with van der Waals surface area (Å²) in [6.45, 7) is 2.95. The second-order valence-electron chi connectivity index (χ2n) is 6.67. The van der Waals surface area contributed by atoms with E-state index in [1.54, 1.807) is 0 Å². The molecular formula is C19H36O5. The third-order valence-corrected chi connectivity index (χ3v) is 4.43. The molecule has 0 aromatic heterocycles. The number of allylic oxidation sites excluding steroid dienone is 1. The molecule has 0 saturated carbocycles. The summed E-state index contributed by atoms with van der Waals surface area (Å²) in [6.07, 6.45) is 12.0. The highest BCUT2D eigenvalue weighted by Gasteiger charge is 2.39. The molecule has 24 heavy (non-hydrogen) atoms. The molecule has 0 spiro atoms. The second kappa shape index (κ2) is 13.8. The van der Waals surface area contributed by atoms with Gasteiger partial charge in [-0.25, -0.2) is 0 Å². The van der Waals surface area contributed by atoms with Gasteiger partial charge in [-0.1, -0.05) is 57.6 Å². The highest BCUT2D eigenvalue weighted by atomic mass is 16.5. The van der Waals surface area contributed by atoms with Gasteiger partial charge in [-0.15, -0.1) is 0 Å². The van der Waals surface area contributed by atoms with Gasteiger partial charge in [0, 0.05) is 0 Å². The van der Waals surface area contributed by atoms with E-state index in [9.17, 15) is 15.3 Å². The van der Waals surface area contributed by atoms with E-state index >= 15 is 0 Å². The second-order valence-corrected chi connectivity index (χ2v) is 6.67. The van der Waals surface area contributed by atoms with Crippen molar-refractivity contribution in [1.82, 2.24) is 0 Å². The van der Waals surface area contributed by atoms with Gasteiger partial charge in [-0.05, 0) is 19.3 Å². The number of aliphatic hydroxyl groups is 3. The van der Waals surface area contributed by atoms with Crippen LogP contribution in [0.5, 0.6) is 0 Å². The molecule has 1 rings (SSSR count). The van der Waals surface area contributed by atoms with Gasteiger partial charge in [0.1, 0.15) is 24.4 Å². The summed E-state index contributed by atoms with van der Waals surface area (Å²) in [7, 11) is 0. The van der Waals surface area contributed by atoms with Crippen molar-refractivity contribution in [3.8, 4) is 0 Å². The first-order valence-corrected chi connectivity index (χ1v) is 9.55. The molecule has 0 aliphatic carbocycles. The number of rotatable bonds is 14. The first-order valence-electron chi connectivity index (χ1n) is 9.55. The fraction of sp³-hybridized carbons (Fsp3) is 0.895. The van der Waals surface area contributed by atoms with E-state index in [1.165, 1.54) is 44.9 Å². The topological polar surface area (TPSA) is 79.2 Å². The maximum atomic E-state index is 9.88. The zero-order chi connectivity index (χ0) is 17.6. The third kappa shape index (κ3) is 9.14. The van der Waals surface area contributed by atoms with E-state index in [1.807, 2.05) is 0 Å². The first-order chi connectivity index (χ1) is 11.7. The molecule has 5 nitrogen and oxygen atoms in total. The Morgan fingerprint density at radius 3 is 2.38 bits per heavy atom. The summed E-state index contributed by atoms with van der Waals surface area (Å²) in [5.74, 6) is 0. The fourth-order valence-electron chi connectivity index (χ4n) is 2.87. The Bertz CT molecular complexity index is 321. The lowest BCUT2D eigenvalue weighted by Crippen LogP contribution is -2.40. The zero-order valence-electron chi connectivity index (χ0n) is 15.1. The van der Waals surface area contributed by atoms with Gasteiger partial charge >= 0.3 is 0 Å². The van der Waals surface area contributed by atoms with Crippen molar-refractivity contribution < 1.29 is 24.8 Å². The van der Waals surface area contributed by atoms with Crippen molar-refractivity contribution in [2.75, 3.05) is 19.8 Å². The van der Waals surface area contributed by atoms with Crippen molar-refractivity contribution in [3.05, 3.63) is 12.2 Å². The van der Waals surface area contributed by atoms with Crippen molar-refractivity contribution in [2.45, 2.75) is 89.1 Å². The monoisotopic (exact) mass is 344 g/mol. The molecule has 1 aliphatic heterocycles. The van der Waals surface area contributed by atoms with E-state index in [-0.39, 0.29) is 13.2 Å². The van der Waals surface area contributed by atoms with Crippen molar-refractivity contribution in [1.29, 1.82) is 0 Å². The Morgan fingerprint density at radius 2 is 1.71 bits per heavy atom. The van der Waals surface area contributed by atoms with Gasteiger partial charge in [0.15, 0.2) is 0 Å². The van der Waals surface area contributed by atoms with E-state index in [4.69, 9.17) is 9.47 Å². The Hall–Kier alpha value is -0.460. The molecule has 4 atom stereocenters. The highest BCUT2D eigenvalue weighted by molar-refractivity contribution is 4.88. The lowest BCUT2D eigenvalue weighted by molar-refractivity contribution is -0.0806. The average Bonchev–Trinajstić information content (AvgIpc) is 2.91. The molecule has 142 valence electrons. The zero-order valence-corrected chi connectivity index (χ0v) is 15.1. The van der Waals surface area contributed by atoms with Crippen LogP contribution in [-0.4, -0.2) is 59.6 Å². The summed E-state index contributed by atoms with van der Waals surface area (Å²) in [5, 5.41) is 28.9. The largest absolute Gasteiger partial charge is 0.388 e. The quantitative estimate of drug-likeness (QED) is 0.333. The molecule has 0 bridgehead atoms. The number of aliphatic hydroxyl groups excluding tert-OH is 3. The third-order valence-electron chi connectivity index (χ3n) is 4.43. The molecule has 5 heteroatoms. The van der Waals surface area contributed by atoms with Crippen molar-refractivity contribution >= 4 is 0 Å². The van der Waals surface area contributed by atoms with Crippen LogP contribution in [0, 0.1) is 0 Å². The first kappa shape index (κ1) is 21.6. The van der Waals surface area contributed by atoms with Gasteiger partial charge in [-0.2, -0.15) is 0 Å². The van der Waals surface area contributed by atoms with Crippen LogP contribution in [0.2, 0.25) is 0 Å². The fourth-order valence-corrected chi connectivity index (χ4v) is 2.87. The summed E-state index contributed by atoms with van der Waals surface area (Å²) in [6, 6.07) is 0. The number of hydrogen-bond acceptors (Lipinski definition) is 5. The molecule has 0 aromatic rings. The van der Waals surface area contributed by atoms with Crippen LogP contribution in [-0.2, 0) is 9.47 Å². The predicted octanol–water partition coefficient (Wildman–Crippen LogP) is 2.57. The van der Waals surface area contributed by atoms with Gasteiger partial charge in [0.25, 0.3) is 0 Å². The minimum atomic E-state index is -1.04. The summed E-state index contributed by atoms with van der Waals surface area (Å²) in [4.78, 5) is 0. The minimum absolute atomic E-state index is 0.0598. The Kier molecular flexibility index (Phi) is 12.4. The van der Waals surface area contributed by atoms with Gasteiger partial charge in [0.05, 0.1) is 19.8 Å². The van der Waals surface area contributed by atoms with Gasteiger partial charge < -0.3 is 24.8 Å². The van der Waals surface area contributed by atoms with Crippen molar-refractivity contribution in [3.63, 3.8) is 0 Å². The predicted molar refractivity (Wildman–Crippen MR) is 94.9 cm³/mol. The van der Waals surface area contributed by atoms with Crippen LogP contribution in [0.4, 0.5) is 0 Å². The molecule has 1 heterocycles. The summed E-state index contributed by atoms with van der Waals surface area (Å²) >= 11 is 0. The van der Waals surface area contributed by atoms with Crippen molar-refractivity contribution in [2.24, 2.45) is 0 Å². The standard InChI is InChI=1S/C19H36O5/c1-2-3-4-5-6-7-8-9-10-11-12-13-23-14-17(21)19-18(22)16(20)15-24-19/h10-11,16-22H,2-9,12-15H2,1H3/b11-10+/t16-,17+,18+,19+/m0/s1. The molecule has 0 unspecified atom stereocenters. The van der Waals surface area contributed by atoms with E-state index < -0.39 is 24.4 Å². The van der Waals surface area contributed by atoms with E-state index in [0.717, 1.165) is 12.8 Å². The lowest BCUT2D eigenvalue weighted by atomic mass is 10.1. The molecule has 1 aliphatic rings. The minimum Gasteiger partial charge on any atom is -0.388 e. The smallest absolute Gasteiger partial charge is 0.114 e. The van der Waals surface area contributed by atoms with Gasteiger partial charge in [0.2, 0.25) is 0 Å². The SMILES string of the molecule is CCCCCCCCC/C=C/CCOC[C@@H](O)[C@H]1OC[C@H](O)[C@H]1O. The van der Waals surface area contributed by atoms with Gasteiger partial charge in [-0.3, -0.25) is 0 Å². The van der Waals surface area contributed by atoms with Crippen LogP contribution in [0.3, 0.4) is 0 Å². The molecule has 1 fully saturated rings. The normalized spacial score (nSPS) is 25.6. The lowest BCUT2D eigenvalue weighted by Gasteiger charge is -2.20. The average molecular weight is 344 g/mol. The maximum absolute atomic E-state index is 9.88.